The molecule has 0 aliphatic carbocycles. The monoisotopic (exact) mass is 501 g/mol. The Morgan fingerprint density at radius 3 is 2.29 bits per heavy atom. The van der Waals surface area contributed by atoms with Gasteiger partial charge in [0.25, 0.3) is 5.91 Å². The Labute approximate surface area is 203 Å². The lowest BCUT2D eigenvalue weighted by Gasteiger charge is -2.19. The van der Waals surface area contributed by atoms with E-state index < -0.39 is 57.7 Å². The minimum absolute atomic E-state index is 0.183. The molecule has 0 saturated heterocycles. The molecule has 1 atom stereocenters. The second kappa shape index (κ2) is 9.75. The molecule has 10 heteroatoms. The molecule has 0 radical (unpaired) electrons. The molecular weight excluding hydrogens is 482 g/mol. The number of hydrogen-bond acceptors (Lipinski definition) is 3. The van der Waals surface area contributed by atoms with E-state index in [1.54, 1.807) is 19.1 Å². The second-order valence-corrected chi connectivity index (χ2v) is 8.17. The number of hydrogen-bond donors (Lipinski definition) is 3. The summed E-state index contributed by atoms with van der Waals surface area (Å²) >= 11 is 5.15. The Morgan fingerprint density at radius 1 is 0.914 bits per heavy atom. The first kappa shape index (κ1) is 24.2. The van der Waals surface area contributed by atoms with Gasteiger partial charge in [-0.2, -0.15) is 0 Å². The molecule has 4 rings (SSSR count). The van der Waals surface area contributed by atoms with Crippen LogP contribution in [0, 0.1) is 30.2 Å². The smallest absolute Gasteiger partial charge is 0.258 e. The lowest BCUT2D eigenvalue weighted by Crippen LogP contribution is -2.31. The van der Waals surface area contributed by atoms with Gasteiger partial charge in [-0.05, 0) is 50.3 Å². The van der Waals surface area contributed by atoms with E-state index in [4.69, 9.17) is 16.6 Å². The summed E-state index contributed by atoms with van der Waals surface area (Å²) in [6, 6.07) is 13.6. The number of para-hydroxylation sites is 1. The highest BCUT2D eigenvalue weighted by molar-refractivity contribution is 7.80. The van der Waals surface area contributed by atoms with Gasteiger partial charge in [0.1, 0.15) is 22.8 Å². The average molecular weight is 502 g/mol. The highest BCUT2D eigenvalue weighted by atomic mass is 32.1. The fourth-order valence-corrected chi connectivity index (χ4v) is 3.77. The van der Waals surface area contributed by atoms with E-state index in [0.29, 0.717) is 11.3 Å². The van der Waals surface area contributed by atoms with Crippen molar-refractivity contribution in [2.24, 2.45) is 0 Å². The van der Waals surface area contributed by atoms with Crippen LogP contribution in [-0.2, 0) is 0 Å². The summed E-state index contributed by atoms with van der Waals surface area (Å²) in [6.07, 6.45) is 0. The predicted octanol–water partition coefficient (Wildman–Crippen LogP) is 6.60. The van der Waals surface area contributed by atoms with Gasteiger partial charge in [0, 0.05) is 10.9 Å². The van der Waals surface area contributed by atoms with Crippen molar-refractivity contribution in [2.75, 3.05) is 10.6 Å². The third-order valence-corrected chi connectivity index (χ3v) is 5.59. The SMILES string of the molecule is Cc1c(F)c(NC(=S)NC(C)c2cc3ccccc3o2)c(F)c(F)c1NC(=O)c1ccccc1F. The van der Waals surface area contributed by atoms with Crippen LogP contribution in [0.2, 0.25) is 0 Å². The van der Waals surface area contributed by atoms with Gasteiger partial charge >= 0.3 is 0 Å². The van der Waals surface area contributed by atoms with E-state index in [1.807, 2.05) is 23.5 Å². The van der Waals surface area contributed by atoms with Gasteiger partial charge in [-0.1, -0.05) is 30.3 Å². The van der Waals surface area contributed by atoms with E-state index in [-0.39, 0.29) is 5.11 Å². The Kier molecular flexibility index (Phi) is 6.74. The number of amides is 1. The number of rotatable bonds is 5. The van der Waals surface area contributed by atoms with E-state index in [1.165, 1.54) is 12.1 Å². The molecule has 0 aliphatic heterocycles. The maximum absolute atomic E-state index is 15.0. The predicted molar refractivity (Wildman–Crippen MR) is 129 cm³/mol. The van der Waals surface area contributed by atoms with Gasteiger partial charge in [0.15, 0.2) is 22.6 Å². The zero-order valence-electron chi connectivity index (χ0n) is 18.5. The molecule has 5 nitrogen and oxygen atoms in total. The van der Waals surface area contributed by atoms with E-state index >= 15 is 0 Å². The molecule has 180 valence electrons. The number of thiocarbonyl (C=S) groups is 1. The largest absolute Gasteiger partial charge is 0.459 e. The number of carbonyl (C=O) groups excluding carboxylic acids is 1. The molecule has 35 heavy (non-hydrogen) atoms. The summed E-state index contributed by atoms with van der Waals surface area (Å²) in [5.41, 5.74) is -1.71. The summed E-state index contributed by atoms with van der Waals surface area (Å²) in [6.45, 7) is 2.87. The van der Waals surface area contributed by atoms with Crippen LogP contribution in [0.5, 0.6) is 0 Å². The normalized spacial score (nSPS) is 11.8. The van der Waals surface area contributed by atoms with Gasteiger partial charge < -0.3 is 20.4 Å². The van der Waals surface area contributed by atoms with Crippen molar-refractivity contribution in [1.29, 1.82) is 0 Å². The summed E-state index contributed by atoms with van der Waals surface area (Å²) in [7, 11) is 0. The number of carbonyl (C=O) groups is 1. The van der Waals surface area contributed by atoms with Gasteiger partial charge in [-0.25, -0.2) is 17.6 Å². The van der Waals surface area contributed by atoms with Crippen molar-refractivity contribution in [1.82, 2.24) is 5.32 Å². The number of furan rings is 1. The molecule has 3 N–H and O–H groups in total. The topological polar surface area (TPSA) is 66.3 Å². The zero-order chi connectivity index (χ0) is 25.3. The maximum Gasteiger partial charge on any atom is 0.258 e. The van der Waals surface area contributed by atoms with Crippen LogP contribution in [0.25, 0.3) is 11.0 Å². The summed E-state index contributed by atoms with van der Waals surface area (Å²) in [5.74, 6) is -5.68. The molecule has 0 bridgehead atoms. The van der Waals surface area contributed by atoms with Crippen LogP contribution in [0.3, 0.4) is 0 Å². The molecule has 0 aliphatic rings. The highest BCUT2D eigenvalue weighted by Crippen LogP contribution is 2.33. The number of fused-ring (bicyclic) bond motifs is 1. The molecule has 1 amide bonds. The van der Waals surface area contributed by atoms with Crippen molar-refractivity contribution in [3.05, 3.63) is 94.8 Å². The van der Waals surface area contributed by atoms with Crippen molar-refractivity contribution in [3.8, 4) is 0 Å². The van der Waals surface area contributed by atoms with E-state index in [2.05, 4.69) is 10.6 Å². The van der Waals surface area contributed by atoms with Crippen molar-refractivity contribution in [3.63, 3.8) is 0 Å². The lowest BCUT2D eigenvalue weighted by atomic mass is 10.1. The third kappa shape index (κ3) is 4.83. The van der Waals surface area contributed by atoms with Crippen LogP contribution in [0.4, 0.5) is 28.9 Å². The molecule has 1 unspecified atom stereocenters. The Hall–Kier alpha value is -3.92. The number of halogens is 4. The fourth-order valence-electron chi connectivity index (χ4n) is 3.50. The van der Waals surface area contributed by atoms with Crippen LogP contribution >= 0.6 is 12.2 Å². The van der Waals surface area contributed by atoms with E-state index in [9.17, 15) is 22.4 Å². The third-order valence-electron chi connectivity index (χ3n) is 5.37. The van der Waals surface area contributed by atoms with Gasteiger partial charge in [-0.3, -0.25) is 4.79 Å². The lowest BCUT2D eigenvalue weighted by molar-refractivity contribution is 0.102. The summed E-state index contributed by atoms with van der Waals surface area (Å²) < 4.78 is 64.2. The van der Waals surface area contributed by atoms with Gasteiger partial charge in [0.2, 0.25) is 0 Å². The Bertz CT molecular complexity index is 1390. The van der Waals surface area contributed by atoms with Crippen molar-refractivity contribution in [2.45, 2.75) is 19.9 Å². The van der Waals surface area contributed by atoms with Gasteiger partial charge in [-0.15, -0.1) is 0 Å². The highest BCUT2D eigenvalue weighted by Gasteiger charge is 2.26. The van der Waals surface area contributed by atoms with Crippen LogP contribution in [-0.4, -0.2) is 11.0 Å². The van der Waals surface area contributed by atoms with Crippen molar-refractivity contribution >= 4 is 45.6 Å². The molecule has 0 fully saturated rings. The minimum atomic E-state index is -1.60. The molecule has 3 aromatic carbocycles. The first-order valence-electron chi connectivity index (χ1n) is 10.5. The number of anilines is 2. The zero-order valence-corrected chi connectivity index (χ0v) is 19.3. The summed E-state index contributed by atoms with van der Waals surface area (Å²) in [4.78, 5) is 12.3. The number of nitrogens with one attached hydrogen (secondary N) is 3. The molecular formula is C25H19F4N3O2S. The van der Waals surface area contributed by atoms with Crippen molar-refractivity contribution < 1.29 is 26.8 Å². The second-order valence-electron chi connectivity index (χ2n) is 7.76. The molecule has 1 heterocycles. The molecule has 0 spiro atoms. The minimum Gasteiger partial charge on any atom is -0.459 e. The standard InChI is InChI=1S/C25H19F4N3O2S/c1-12-19(27)23(21(29)20(28)22(12)31-24(33)15-8-4-5-9-16(15)26)32-25(35)30-13(2)18-11-14-7-3-6-10-17(14)34-18/h3-11,13H,1-2H3,(H,31,33)(H2,30,32,35). The molecule has 0 saturated carbocycles. The first-order chi connectivity index (χ1) is 16.7. The average Bonchev–Trinajstić information content (AvgIpc) is 3.28. The van der Waals surface area contributed by atoms with Gasteiger partial charge in [0.05, 0.1) is 17.3 Å². The maximum atomic E-state index is 15.0. The Morgan fingerprint density at radius 2 is 1.57 bits per heavy atom. The van der Waals surface area contributed by atoms with Crippen LogP contribution in [0.1, 0.15) is 34.6 Å². The Balaban J connectivity index is 1.53. The first-order valence-corrected chi connectivity index (χ1v) is 10.9. The van der Waals surface area contributed by atoms with E-state index in [0.717, 1.165) is 24.4 Å². The fraction of sp³-hybridized carbons (Fsp3) is 0.120. The van der Waals surface area contributed by atoms with Crippen LogP contribution in [0.15, 0.2) is 59.0 Å². The molecule has 4 aromatic rings. The molecule has 1 aromatic heterocycles. The number of benzene rings is 3. The summed E-state index contributed by atoms with van der Waals surface area (Å²) in [5, 5.41) is 7.90. The van der Waals surface area contributed by atoms with Crippen LogP contribution < -0.4 is 16.0 Å². The quantitative estimate of drug-likeness (QED) is 0.163.